The Morgan fingerprint density at radius 3 is 2.63 bits per heavy atom. The SMILES string of the molecule is CNC(=O)n1ccc2cc(Oc3ccnc(NC(=O)N4CCC(O)CC4)c3)ccc21. The van der Waals surface area contributed by atoms with Gasteiger partial charge in [0, 0.05) is 44.0 Å². The number of urea groups is 1. The van der Waals surface area contributed by atoms with E-state index < -0.39 is 0 Å². The van der Waals surface area contributed by atoms with Gasteiger partial charge in [-0.2, -0.15) is 0 Å². The highest BCUT2D eigenvalue weighted by molar-refractivity contribution is 5.92. The average Bonchev–Trinajstić information content (AvgIpc) is 3.17. The lowest BCUT2D eigenvalue weighted by atomic mass is 10.1. The summed E-state index contributed by atoms with van der Waals surface area (Å²) in [5, 5.41) is 15.8. The Bertz CT molecular complexity index is 1070. The molecule has 0 bridgehead atoms. The van der Waals surface area contributed by atoms with Gasteiger partial charge < -0.3 is 20.1 Å². The number of aliphatic hydroxyl groups is 1. The third-order valence-electron chi connectivity index (χ3n) is 5.05. The number of likely N-dealkylation sites (tertiary alicyclic amines) is 1. The molecular formula is C21H23N5O4. The molecule has 156 valence electrons. The molecule has 1 aliphatic rings. The van der Waals surface area contributed by atoms with Crippen molar-refractivity contribution in [1.82, 2.24) is 19.8 Å². The molecule has 1 fully saturated rings. The van der Waals surface area contributed by atoms with Gasteiger partial charge >= 0.3 is 12.1 Å². The maximum absolute atomic E-state index is 12.4. The number of rotatable bonds is 3. The Hall–Kier alpha value is -3.59. The van der Waals surface area contributed by atoms with Gasteiger partial charge in [-0.3, -0.25) is 9.88 Å². The molecule has 3 amide bonds. The first kappa shape index (κ1) is 19.7. The fourth-order valence-corrected chi connectivity index (χ4v) is 3.42. The third-order valence-corrected chi connectivity index (χ3v) is 5.05. The zero-order chi connectivity index (χ0) is 21.1. The van der Waals surface area contributed by atoms with Crippen molar-refractivity contribution in [3.05, 3.63) is 48.8 Å². The molecule has 1 saturated heterocycles. The quantitative estimate of drug-likeness (QED) is 0.616. The monoisotopic (exact) mass is 409 g/mol. The van der Waals surface area contributed by atoms with Gasteiger partial charge in [-0.15, -0.1) is 0 Å². The van der Waals surface area contributed by atoms with Crippen molar-refractivity contribution in [3.8, 4) is 11.5 Å². The first-order valence-corrected chi connectivity index (χ1v) is 9.74. The molecule has 9 nitrogen and oxygen atoms in total. The highest BCUT2D eigenvalue weighted by Crippen LogP contribution is 2.27. The first-order chi connectivity index (χ1) is 14.5. The molecule has 0 spiro atoms. The lowest BCUT2D eigenvalue weighted by molar-refractivity contribution is 0.0972. The zero-order valence-corrected chi connectivity index (χ0v) is 16.5. The van der Waals surface area contributed by atoms with Crippen LogP contribution in [-0.4, -0.2) is 57.9 Å². The summed E-state index contributed by atoms with van der Waals surface area (Å²) in [5.41, 5.74) is 0.774. The fraction of sp³-hybridized carbons (Fsp3) is 0.286. The number of carbonyl (C=O) groups is 2. The summed E-state index contributed by atoms with van der Waals surface area (Å²) >= 11 is 0. The minimum atomic E-state index is -0.338. The summed E-state index contributed by atoms with van der Waals surface area (Å²) in [6.07, 6.45) is 4.08. The Morgan fingerprint density at radius 1 is 1.10 bits per heavy atom. The fourth-order valence-electron chi connectivity index (χ4n) is 3.42. The number of aliphatic hydroxyl groups excluding tert-OH is 1. The normalized spacial score (nSPS) is 14.5. The van der Waals surface area contributed by atoms with E-state index in [-0.39, 0.29) is 18.2 Å². The van der Waals surface area contributed by atoms with Crippen molar-refractivity contribution in [1.29, 1.82) is 0 Å². The number of carbonyl (C=O) groups excluding carboxylic acids is 2. The summed E-state index contributed by atoms with van der Waals surface area (Å²) in [5.74, 6) is 1.51. The largest absolute Gasteiger partial charge is 0.457 e. The molecule has 3 aromatic rings. The van der Waals surface area contributed by atoms with Crippen molar-refractivity contribution < 1.29 is 19.4 Å². The van der Waals surface area contributed by atoms with Crippen molar-refractivity contribution in [2.24, 2.45) is 0 Å². The molecule has 3 N–H and O–H groups in total. The summed E-state index contributed by atoms with van der Waals surface area (Å²) in [6, 6.07) is 10.2. The first-order valence-electron chi connectivity index (χ1n) is 9.74. The number of pyridine rings is 1. The van der Waals surface area contributed by atoms with Crippen LogP contribution < -0.4 is 15.4 Å². The second kappa shape index (κ2) is 8.42. The van der Waals surface area contributed by atoms with Gasteiger partial charge in [0.05, 0.1) is 11.6 Å². The zero-order valence-electron chi connectivity index (χ0n) is 16.5. The topological polar surface area (TPSA) is 109 Å². The predicted molar refractivity (Wildman–Crippen MR) is 112 cm³/mol. The van der Waals surface area contributed by atoms with Crippen LogP contribution in [-0.2, 0) is 0 Å². The Kier molecular flexibility index (Phi) is 5.53. The molecule has 9 heteroatoms. The average molecular weight is 409 g/mol. The van der Waals surface area contributed by atoms with E-state index in [9.17, 15) is 14.7 Å². The molecule has 3 heterocycles. The van der Waals surface area contributed by atoms with E-state index in [4.69, 9.17) is 4.74 Å². The summed E-state index contributed by atoms with van der Waals surface area (Å²) in [6.45, 7) is 1.03. The maximum Gasteiger partial charge on any atom is 0.325 e. The number of benzene rings is 1. The smallest absolute Gasteiger partial charge is 0.325 e. The van der Waals surface area contributed by atoms with Crippen LogP contribution in [0.1, 0.15) is 12.8 Å². The summed E-state index contributed by atoms with van der Waals surface area (Å²) in [7, 11) is 1.58. The van der Waals surface area contributed by atoms with Crippen molar-refractivity contribution >= 4 is 28.8 Å². The number of amides is 3. The van der Waals surface area contributed by atoms with E-state index in [1.807, 2.05) is 18.2 Å². The number of hydrogen-bond acceptors (Lipinski definition) is 5. The van der Waals surface area contributed by atoms with Crippen molar-refractivity contribution in [2.75, 3.05) is 25.5 Å². The van der Waals surface area contributed by atoms with Crippen LogP contribution in [0.25, 0.3) is 10.9 Å². The molecule has 2 aromatic heterocycles. The number of nitrogens with zero attached hydrogens (tertiary/aromatic N) is 3. The molecule has 0 saturated carbocycles. The standard InChI is InChI=1S/C21H23N5O4/c1-22-20(28)26-11-5-14-12-16(2-3-18(14)26)30-17-4-8-23-19(13-17)24-21(29)25-9-6-15(27)7-10-25/h2-5,8,11-13,15,27H,6-7,9-10H2,1H3,(H,22,28)(H,23,24,29). The van der Waals surface area contributed by atoms with Crippen LogP contribution in [0.5, 0.6) is 11.5 Å². The minimum absolute atomic E-state index is 0.212. The Morgan fingerprint density at radius 2 is 1.87 bits per heavy atom. The second-order valence-corrected chi connectivity index (χ2v) is 7.09. The van der Waals surface area contributed by atoms with Crippen LogP contribution in [0, 0.1) is 0 Å². The molecule has 0 atom stereocenters. The number of nitrogens with one attached hydrogen (secondary N) is 2. The molecule has 4 rings (SSSR count). The van der Waals surface area contributed by atoms with Gasteiger partial charge in [0.1, 0.15) is 17.3 Å². The summed E-state index contributed by atoms with van der Waals surface area (Å²) in [4.78, 5) is 30.1. The number of fused-ring (bicyclic) bond motifs is 1. The maximum atomic E-state index is 12.4. The van der Waals surface area contributed by atoms with Crippen LogP contribution in [0.2, 0.25) is 0 Å². The predicted octanol–water partition coefficient (Wildman–Crippen LogP) is 3.00. The molecule has 0 radical (unpaired) electrons. The number of ether oxygens (including phenoxy) is 1. The number of aromatic nitrogens is 2. The molecule has 1 aromatic carbocycles. The van der Waals surface area contributed by atoms with E-state index in [0.29, 0.717) is 43.2 Å². The molecule has 0 aliphatic carbocycles. The van der Waals surface area contributed by atoms with Gasteiger partial charge in [-0.1, -0.05) is 0 Å². The lowest BCUT2D eigenvalue weighted by Gasteiger charge is -2.29. The Labute approximate surface area is 173 Å². The van der Waals surface area contributed by atoms with E-state index in [2.05, 4.69) is 15.6 Å². The van der Waals surface area contributed by atoms with Crippen LogP contribution in [0.3, 0.4) is 0 Å². The van der Waals surface area contributed by atoms with Gasteiger partial charge in [0.15, 0.2) is 0 Å². The number of anilines is 1. The number of piperidine rings is 1. The van der Waals surface area contributed by atoms with Crippen LogP contribution in [0.15, 0.2) is 48.8 Å². The van der Waals surface area contributed by atoms with E-state index in [0.717, 1.165) is 10.9 Å². The van der Waals surface area contributed by atoms with E-state index in [1.54, 1.807) is 42.5 Å². The third kappa shape index (κ3) is 4.20. The van der Waals surface area contributed by atoms with Crippen molar-refractivity contribution in [2.45, 2.75) is 18.9 Å². The summed E-state index contributed by atoms with van der Waals surface area (Å²) < 4.78 is 7.44. The molecular weight excluding hydrogens is 386 g/mol. The number of hydrogen-bond donors (Lipinski definition) is 3. The van der Waals surface area contributed by atoms with Crippen molar-refractivity contribution in [3.63, 3.8) is 0 Å². The lowest BCUT2D eigenvalue weighted by Crippen LogP contribution is -2.42. The van der Waals surface area contributed by atoms with Crippen LogP contribution in [0.4, 0.5) is 15.4 Å². The molecule has 1 aliphatic heterocycles. The van der Waals surface area contributed by atoms with Gasteiger partial charge in [-0.05, 0) is 43.2 Å². The van der Waals surface area contributed by atoms with Gasteiger partial charge in [0.2, 0.25) is 0 Å². The highest BCUT2D eigenvalue weighted by atomic mass is 16.5. The van der Waals surface area contributed by atoms with E-state index >= 15 is 0 Å². The van der Waals surface area contributed by atoms with Crippen LogP contribution >= 0.6 is 0 Å². The van der Waals surface area contributed by atoms with E-state index in [1.165, 1.54) is 4.57 Å². The second-order valence-electron chi connectivity index (χ2n) is 7.09. The van der Waals surface area contributed by atoms with Gasteiger partial charge in [0.25, 0.3) is 0 Å². The molecule has 0 unspecified atom stereocenters. The van der Waals surface area contributed by atoms with Gasteiger partial charge in [-0.25, -0.2) is 14.6 Å². The Balaban J connectivity index is 1.45. The molecule has 30 heavy (non-hydrogen) atoms. The highest BCUT2D eigenvalue weighted by Gasteiger charge is 2.21. The minimum Gasteiger partial charge on any atom is -0.457 e.